The maximum Gasteiger partial charge on any atom is 0.328 e. The SMILES string of the molecule is CCOC(=O)C1CCCCN1C(=O)CCOc1ccc(C(C)C)cc1. The minimum absolute atomic E-state index is 0.0449. The van der Waals surface area contributed by atoms with Crippen LogP contribution in [-0.4, -0.2) is 42.6 Å². The average molecular weight is 347 g/mol. The number of likely N-dealkylation sites (tertiary alicyclic amines) is 1. The predicted molar refractivity (Wildman–Crippen MR) is 96.6 cm³/mol. The van der Waals surface area contributed by atoms with E-state index in [1.54, 1.807) is 11.8 Å². The summed E-state index contributed by atoms with van der Waals surface area (Å²) in [7, 11) is 0. The molecule has 1 unspecified atom stereocenters. The molecule has 1 aliphatic rings. The summed E-state index contributed by atoms with van der Waals surface area (Å²) >= 11 is 0. The summed E-state index contributed by atoms with van der Waals surface area (Å²) in [4.78, 5) is 26.2. The Labute approximate surface area is 150 Å². The summed E-state index contributed by atoms with van der Waals surface area (Å²) < 4.78 is 10.8. The van der Waals surface area contributed by atoms with Crippen molar-refractivity contribution < 1.29 is 19.1 Å². The van der Waals surface area contributed by atoms with E-state index in [1.165, 1.54) is 5.56 Å². The first-order valence-corrected chi connectivity index (χ1v) is 9.21. The Morgan fingerprint density at radius 2 is 1.92 bits per heavy atom. The Kier molecular flexibility index (Phi) is 7.29. The van der Waals surface area contributed by atoms with Gasteiger partial charge >= 0.3 is 5.97 Å². The van der Waals surface area contributed by atoms with E-state index in [9.17, 15) is 9.59 Å². The molecule has 138 valence electrons. The summed E-state index contributed by atoms with van der Waals surface area (Å²) in [5.41, 5.74) is 1.26. The monoisotopic (exact) mass is 347 g/mol. The Morgan fingerprint density at radius 3 is 2.56 bits per heavy atom. The lowest BCUT2D eigenvalue weighted by molar-refractivity contribution is -0.156. The first-order chi connectivity index (χ1) is 12.0. The maximum absolute atomic E-state index is 12.5. The first-order valence-electron chi connectivity index (χ1n) is 9.21. The van der Waals surface area contributed by atoms with E-state index in [0.29, 0.717) is 32.1 Å². The number of piperidine rings is 1. The molecule has 2 rings (SSSR count). The molecule has 5 heteroatoms. The summed E-state index contributed by atoms with van der Waals surface area (Å²) in [6, 6.07) is 7.52. The van der Waals surface area contributed by atoms with Crippen LogP contribution in [0.15, 0.2) is 24.3 Å². The number of esters is 1. The number of carbonyl (C=O) groups excluding carboxylic acids is 2. The molecular formula is C20H29NO4. The molecule has 1 atom stereocenters. The lowest BCUT2D eigenvalue weighted by atomic mass is 10.0. The number of benzene rings is 1. The van der Waals surface area contributed by atoms with E-state index in [1.807, 2.05) is 24.3 Å². The zero-order valence-electron chi connectivity index (χ0n) is 15.5. The smallest absolute Gasteiger partial charge is 0.328 e. The van der Waals surface area contributed by atoms with Crippen molar-refractivity contribution in [1.29, 1.82) is 0 Å². The highest BCUT2D eigenvalue weighted by Crippen LogP contribution is 2.21. The molecule has 0 bridgehead atoms. The van der Waals surface area contributed by atoms with Crippen molar-refractivity contribution in [1.82, 2.24) is 4.90 Å². The van der Waals surface area contributed by atoms with Crippen molar-refractivity contribution >= 4 is 11.9 Å². The van der Waals surface area contributed by atoms with E-state index < -0.39 is 6.04 Å². The molecule has 1 aromatic carbocycles. The van der Waals surface area contributed by atoms with Gasteiger partial charge in [-0.05, 0) is 49.8 Å². The molecule has 25 heavy (non-hydrogen) atoms. The van der Waals surface area contributed by atoms with Gasteiger partial charge in [0.05, 0.1) is 19.6 Å². The molecule has 0 aliphatic carbocycles. The Balaban J connectivity index is 1.84. The van der Waals surface area contributed by atoms with Crippen LogP contribution in [0.25, 0.3) is 0 Å². The molecule has 1 fully saturated rings. The number of nitrogens with zero attached hydrogens (tertiary/aromatic N) is 1. The third-order valence-electron chi connectivity index (χ3n) is 4.51. The third-order valence-corrected chi connectivity index (χ3v) is 4.51. The fourth-order valence-corrected chi connectivity index (χ4v) is 3.06. The number of rotatable bonds is 7. The van der Waals surface area contributed by atoms with Crippen LogP contribution >= 0.6 is 0 Å². The highest BCUT2D eigenvalue weighted by atomic mass is 16.5. The molecule has 5 nitrogen and oxygen atoms in total. The summed E-state index contributed by atoms with van der Waals surface area (Å²) in [5, 5.41) is 0. The lowest BCUT2D eigenvalue weighted by Crippen LogP contribution is -2.49. The minimum atomic E-state index is -0.438. The van der Waals surface area contributed by atoms with E-state index in [0.717, 1.165) is 18.6 Å². The molecule has 0 aromatic heterocycles. The van der Waals surface area contributed by atoms with E-state index >= 15 is 0 Å². The van der Waals surface area contributed by atoms with Crippen LogP contribution in [0.5, 0.6) is 5.75 Å². The van der Waals surface area contributed by atoms with Gasteiger partial charge < -0.3 is 14.4 Å². The van der Waals surface area contributed by atoms with Crippen LogP contribution in [0, 0.1) is 0 Å². The van der Waals surface area contributed by atoms with Crippen molar-refractivity contribution in [2.24, 2.45) is 0 Å². The Morgan fingerprint density at radius 1 is 1.20 bits per heavy atom. The van der Waals surface area contributed by atoms with Crippen LogP contribution < -0.4 is 4.74 Å². The highest BCUT2D eigenvalue weighted by molar-refractivity contribution is 5.84. The van der Waals surface area contributed by atoms with E-state index in [4.69, 9.17) is 9.47 Å². The van der Waals surface area contributed by atoms with Gasteiger partial charge in [-0.25, -0.2) is 4.79 Å². The molecule has 0 spiro atoms. The molecule has 0 radical (unpaired) electrons. The fourth-order valence-electron chi connectivity index (χ4n) is 3.06. The minimum Gasteiger partial charge on any atom is -0.493 e. The van der Waals surface area contributed by atoms with Gasteiger partial charge in [-0.15, -0.1) is 0 Å². The van der Waals surface area contributed by atoms with E-state index in [2.05, 4.69) is 13.8 Å². The highest BCUT2D eigenvalue weighted by Gasteiger charge is 2.32. The number of amides is 1. The van der Waals surface area contributed by atoms with E-state index in [-0.39, 0.29) is 18.3 Å². The Bertz CT molecular complexity index is 568. The van der Waals surface area contributed by atoms with Crippen LogP contribution in [-0.2, 0) is 14.3 Å². The summed E-state index contributed by atoms with van der Waals surface area (Å²) in [6.07, 6.45) is 2.83. The van der Waals surface area contributed by atoms with Crippen LogP contribution in [0.3, 0.4) is 0 Å². The van der Waals surface area contributed by atoms with Gasteiger partial charge in [0.25, 0.3) is 0 Å². The standard InChI is InChI=1S/C20H29NO4/c1-4-24-20(23)18-7-5-6-13-21(18)19(22)12-14-25-17-10-8-16(9-11-17)15(2)3/h8-11,15,18H,4-7,12-14H2,1-3H3. The maximum atomic E-state index is 12.5. The topological polar surface area (TPSA) is 55.8 Å². The predicted octanol–water partition coefficient (Wildman–Crippen LogP) is 3.52. The van der Waals surface area contributed by atoms with Gasteiger partial charge in [0.2, 0.25) is 5.91 Å². The third kappa shape index (κ3) is 5.48. The van der Waals surface area contributed by atoms with Crippen molar-refractivity contribution in [3.63, 3.8) is 0 Å². The summed E-state index contributed by atoms with van der Waals surface area (Å²) in [5.74, 6) is 0.907. The quantitative estimate of drug-likeness (QED) is 0.708. The van der Waals surface area contributed by atoms with Gasteiger partial charge in [-0.1, -0.05) is 26.0 Å². The summed E-state index contributed by atoms with van der Waals surface area (Å²) in [6.45, 7) is 7.34. The second-order valence-electron chi connectivity index (χ2n) is 6.67. The van der Waals surface area contributed by atoms with Crippen LogP contribution in [0.2, 0.25) is 0 Å². The molecule has 1 heterocycles. The van der Waals surface area contributed by atoms with Crippen molar-refractivity contribution in [2.75, 3.05) is 19.8 Å². The second-order valence-corrected chi connectivity index (χ2v) is 6.67. The number of hydrogen-bond donors (Lipinski definition) is 0. The molecule has 0 saturated carbocycles. The van der Waals surface area contributed by atoms with Crippen molar-refractivity contribution in [3.8, 4) is 5.75 Å². The Hall–Kier alpha value is -2.04. The molecule has 1 saturated heterocycles. The largest absolute Gasteiger partial charge is 0.493 e. The van der Waals surface area contributed by atoms with Crippen LogP contribution in [0.1, 0.15) is 57.9 Å². The number of carbonyl (C=O) groups is 2. The zero-order chi connectivity index (χ0) is 18.2. The number of ether oxygens (including phenoxy) is 2. The van der Waals surface area contributed by atoms with Gasteiger partial charge in [-0.2, -0.15) is 0 Å². The molecule has 1 amide bonds. The van der Waals surface area contributed by atoms with Crippen molar-refractivity contribution in [2.45, 2.75) is 58.4 Å². The molecule has 1 aromatic rings. The fraction of sp³-hybridized carbons (Fsp3) is 0.600. The molecule has 1 aliphatic heterocycles. The second kappa shape index (κ2) is 9.44. The molecular weight excluding hydrogens is 318 g/mol. The van der Waals surface area contributed by atoms with Crippen LogP contribution in [0.4, 0.5) is 0 Å². The first kappa shape index (κ1) is 19.3. The average Bonchev–Trinajstić information content (AvgIpc) is 2.62. The number of hydrogen-bond acceptors (Lipinski definition) is 4. The van der Waals surface area contributed by atoms with Gasteiger partial charge in [0.1, 0.15) is 11.8 Å². The van der Waals surface area contributed by atoms with Gasteiger partial charge in [-0.3, -0.25) is 4.79 Å². The molecule has 0 N–H and O–H groups in total. The van der Waals surface area contributed by atoms with Crippen molar-refractivity contribution in [3.05, 3.63) is 29.8 Å². The zero-order valence-corrected chi connectivity index (χ0v) is 15.5. The van der Waals surface area contributed by atoms with Gasteiger partial charge in [0.15, 0.2) is 0 Å². The lowest BCUT2D eigenvalue weighted by Gasteiger charge is -2.34. The van der Waals surface area contributed by atoms with Gasteiger partial charge in [0, 0.05) is 6.54 Å². The normalized spacial score (nSPS) is 17.4.